The first kappa shape index (κ1) is 23.9. The summed E-state index contributed by atoms with van der Waals surface area (Å²) in [4.78, 5) is 35.7. The van der Waals surface area contributed by atoms with Crippen molar-refractivity contribution in [1.82, 2.24) is 10.6 Å². The molecule has 0 bridgehead atoms. The van der Waals surface area contributed by atoms with Crippen LogP contribution >= 0.6 is 12.4 Å². The smallest absolute Gasteiger partial charge is 0.251 e. The monoisotopic (exact) mass is 384 g/mol. The van der Waals surface area contributed by atoms with Crippen molar-refractivity contribution in [3.05, 3.63) is 29.3 Å². The fourth-order valence-corrected chi connectivity index (χ4v) is 2.07. The lowest BCUT2D eigenvalue weighted by molar-refractivity contribution is -0.125. The number of halogens is 1. The summed E-state index contributed by atoms with van der Waals surface area (Å²) in [6, 6.07) is 4.43. The minimum Gasteiger partial charge on any atom is -0.350 e. The molecule has 0 saturated carbocycles. The van der Waals surface area contributed by atoms with Crippen LogP contribution in [0, 0.1) is 12.8 Å². The third-order valence-corrected chi connectivity index (χ3v) is 3.63. The van der Waals surface area contributed by atoms with Crippen molar-refractivity contribution in [1.29, 1.82) is 0 Å². The van der Waals surface area contributed by atoms with Crippen LogP contribution in [0.5, 0.6) is 0 Å². The maximum Gasteiger partial charge on any atom is 0.251 e. The van der Waals surface area contributed by atoms with E-state index in [1.54, 1.807) is 25.1 Å². The molecule has 0 aliphatic rings. The molecule has 1 aromatic rings. The number of carbonyl (C=O) groups is 3. The Morgan fingerprint density at radius 1 is 1.12 bits per heavy atom. The SMILES string of the molecule is Cc1cc(C(=O)NC(C)C)ccc1NC(=O)CNC(=O)[C@@H](N)C(C)C.Cl. The number of carbonyl (C=O) groups excluding carboxylic acids is 3. The van der Waals surface area contributed by atoms with Crippen molar-refractivity contribution in [2.24, 2.45) is 11.7 Å². The van der Waals surface area contributed by atoms with Gasteiger partial charge in [-0.1, -0.05) is 13.8 Å². The number of amides is 3. The summed E-state index contributed by atoms with van der Waals surface area (Å²) in [6.07, 6.45) is 0. The zero-order valence-corrected chi connectivity index (χ0v) is 16.7. The quantitative estimate of drug-likeness (QED) is 0.571. The molecular weight excluding hydrogens is 356 g/mol. The summed E-state index contributed by atoms with van der Waals surface area (Å²) in [5, 5.41) is 8.04. The van der Waals surface area contributed by atoms with Gasteiger partial charge in [0.1, 0.15) is 0 Å². The third-order valence-electron chi connectivity index (χ3n) is 3.63. The minimum atomic E-state index is -0.645. The van der Waals surface area contributed by atoms with E-state index in [4.69, 9.17) is 5.73 Å². The van der Waals surface area contributed by atoms with Gasteiger partial charge >= 0.3 is 0 Å². The summed E-state index contributed by atoms with van der Waals surface area (Å²) in [7, 11) is 0. The van der Waals surface area contributed by atoms with Crippen molar-refractivity contribution in [2.45, 2.75) is 46.7 Å². The van der Waals surface area contributed by atoms with E-state index >= 15 is 0 Å². The Morgan fingerprint density at radius 2 is 1.73 bits per heavy atom. The van der Waals surface area contributed by atoms with Crippen LogP contribution in [0.15, 0.2) is 18.2 Å². The van der Waals surface area contributed by atoms with Crippen molar-refractivity contribution >= 4 is 35.8 Å². The number of rotatable bonds is 7. The van der Waals surface area contributed by atoms with Crippen LogP contribution in [0.1, 0.15) is 43.6 Å². The molecular formula is C18H29ClN4O3. The van der Waals surface area contributed by atoms with Gasteiger partial charge in [0.05, 0.1) is 12.6 Å². The lowest BCUT2D eigenvalue weighted by Crippen LogP contribution is -2.46. The Bertz CT molecular complexity index is 647. The lowest BCUT2D eigenvalue weighted by atomic mass is 10.1. The molecule has 0 aliphatic heterocycles. The molecule has 0 aromatic heterocycles. The van der Waals surface area contributed by atoms with Gasteiger partial charge in [0, 0.05) is 17.3 Å². The number of anilines is 1. The fourth-order valence-electron chi connectivity index (χ4n) is 2.07. The molecule has 1 aromatic carbocycles. The van der Waals surface area contributed by atoms with Crippen LogP contribution in [0.4, 0.5) is 5.69 Å². The largest absolute Gasteiger partial charge is 0.350 e. The van der Waals surface area contributed by atoms with Crippen LogP contribution in [-0.2, 0) is 9.59 Å². The number of hydrogen-bond acceptors (Lipinski definition) is 4. The molecule has 0 aliphatic carbocycles. The van der Waals surface area contributed by atoms with Crippen molar-refractivity contribution < 1.29 is 14.4 Å². The van der Waals surface area contributed by atoms with Crippen molar-refractivity contribution in [2.75, 3.05) is 11.9 Å². The van der Waals surface area contributed by atoms with Gasteiger partial charge < -0.3 is 21.7 Å². The Kier molecular flexibility index (Phi) is 9.90. The molecule has 3 amide bonds. The molecule has 8 heteroatoms. The number of nitrogens with one attached hydrogen (secondary N) is 3. The maximum absolute atomic E-state index is 12.0. The Labute approximate surface area is 160 Å². The Balaban J connectivity index is 0.00000625. The van der Waals surface area contributed by atoms with E-state index in [2.05, 4.69) is 16.0 Å². The van der Waals surface area contributed by atoms with Gasteiger partial charge in [-0.25, -0.2) is 0 Å². The van der Waals surface area contributed by atoms with Gasteiger partial charge in [-0.3, -0.25) is 14.4 Å². The molecule has 146 valence electrons. The molecule has 0 fully saturated rings. The second kappa shape index (κ2) is 10.8. The summed E-state index contributed by atoms with van der Waals surface area (Å²) >= 11 is 0. The van der Waals surface area contributed by atoms with E-state index in [-0.39, 0.29) is 48.6 Å². The molecule has 26 heavy (non-hydrogen) atoms. The Hall–Kier alpha value is -2.12. The van der Waals surface area contributed by atoms with Crippen LogP contribution < -0.4 is 21.7 Å². The van der Waals surface area contributed by atoms with Gasteiger partial charge in [-0.2, -0.15) is 0 Å². The highest BCUT2D eigenvalue weighted by molar-refractivity contribution is 5.98. The van der Waals surface area contributed by atoms with Gasteiger partial charge in [0.25, 0.3) is 5.91 Å². The molecule has 0 saturated heterocycles. The van der Waals surface area contributed by atoms with Crippen molar-refractivity contribution in [3.8, 4) is 0 Å². The summed E-state index contributed by atoms with van der Waals surface area (Å²) in [5.41, 5.74) is 7.60. The van der Waals surface area contributed by atoms with Crippen LogP contribution in [0.25, 0.3) is 0 Å². The van der Waals surface area contributed by atoms with E-state index in [1.165, 1.54) is 0 Å². The van der Waals surface area contributed by atoms with Crippen molar-refractivity contribution in [3.63, 3.8) is 0 Å². The molecule has 0 unspecified atom stereocenters. The highest BCUT2D eigenvalue weighted by atomic mass is 35.5. The van der Waals surface area contributed by atoms with Crippen LogP contribution in [0.3, 0.4) is 0 Å². The molecule has 1 rings (SSSR count). The number of hydrogen-bond donors (Lipinski definition) is 4. The number of benzene rings is 1. The first-order valence-corrected chi connectivity index (χ1v) is 8.36. The standard InChI is InChI=1S/C18H28N4O3.ClH/c1-10(2)16(19)18(25)20-9-15(23)22-14-7-6-13(8-12(14)5)17(24)21-11(3)4;/h6-8,10-11,16H,9,19H2,1-5H3,(H,20,25)(H,21,24)(H,22,23);1H/t16-;/m0./s1. The average molecular weight is 385 g/mol. The molecule has 0 spiro atoms. The summed E-state index contributed by atoms with van der Waals surface area (Å²) < 4.78 is 0. The summed E-state index contributed by atoms with van der Waals surface area (Å²) in [5.74, 6) is -0.880. The highest BCUT2D eigenvalue weighted by Crippen LogP contribution is 2.16. The summed E-state index contributed by atoms with van der Waals surface area (Å²) in [6.45, 7) is 9.09. The predicted octanol–water partition coefficient (Wildman–Crippen LogP) is 1.59. The zero-order valence-electron chi connectivity index (χ0n) is 15.9. The van der Waals surface area contributed by atoms with E-state index in [0.717, 1.165) is 5.56 Å². The number of aryl methyl sites for hydroxylation is 1. The topological polar surface area (TPSA) is 113 Å². The zero-order chi connectivity index (χ0) is 19.1. The van der Waals surface area contributed by atoms with Crippen LogP contribution in [-0.4, -0.2) is 36.3 Å². The molecule has 7 nitrogen and oxygen atoms in total. The first-order valence-electron chi connectivity index (χ1n) is 8.36. The maximum atomic E-state index is 12.0. The average Bonchev–Trinajstić information content (AvgIpc) is 2.52. The van der Waals surface area contributed by atoms with Gasteiger partial charge in [-0.15, -0.1) is 12.4 Å². The number of nitrogens with two attached hydrogens (primary N) is 1. The predicted molar refractivity (Wildman–Crippen MR) is 105 cm³/mol. The van der Waals surface area contributed by atoms with E-state index in [1.807, 2.05) is 27.7 Å². The lowest BCUT2D eigenvalue weighted by Gasteiger charge is -2.15. The van der Waals surface area contributed by atoms with Gasteiger partial charge in [0.15, 0.2) is 0 Å². The van der Waals surface area contributed by atoms with Crippen LogP contribution in [0.2, 0.25) is 0 Å². The van der Waals surface area contributed by atoms with Gasteiger partial charge in [-0.05, 0) is 50.5 Å². The normalized spacial score (nSPS) is 11.5. The van der Waals surface area contributed by atoms with Gasteiger partial charge in [0.2, 0.25) is 11.8 Å². The second-order valence-electron chi connectivity index (χ2n) is 6.69. The Morgan fingerprint density at radius 3 is 2.23 bits per heavy atom. The van der Waals surface area contributed by atoms with E-state index in [9.17, 15) is 14.4 Å². The first-order chi connectivity index (χ1) is 11.6. The van der Waals surface area contributed by atoms with E-state index < -0.39 is 6.04 Å². The second-order valence-corrected chi connectivity index (χ2v) is 6.69. The molecule has 1 atom stereocenters. The fraction of sp³-hybridized carbons (Fsp3) is 0.500. The minimum absolute atomic E-state index is 0. The molecule has 0 heterocycles. The van der Waals surface area contributed by atoms with E-state index in [0.29, 0.717) is 11.3 Å². The molecule has 0 radical (unpaired) electrons. The highest BCUT2D eigenvalue weighted by Gasteiger charge is 2.18. The third kappa shape index (κ3) is 7.41. The molecule has 5 N–H and O–H groups in total.